The van der Waals surface area contributed by atoms with Crippen molar-refractivity contribution in [2.24, 2.45) is 0 Å². The molecule has 3 aromatic carbocycles. The molecule has 0 saturated heterocycles. The van der Waals surface area contributed by atoms with E-state index in [0.717, 1.165) is 0 Å². The monoisotopic (exact) mass is 487 g/mol. The second-order valence-electron chi connectivity index (χ2n) is 8.00. The van der Waals surface area contributed by atoms with E-state index in [0.29, 0.717) is 52.2 Å². The van der Waals surface area contributed by atoms with Gasteiger partial charge in [0, 0.05) is 11.8 Å². The fraction of sp³-hybridized carbons (Fsp3) is 0.185. The number of anilines is 1. The first-order chi connectivity index (χ1) is 17.6. The summed E-state index contributed by atoms with van der Waals surface area (Å²) in [6.07, 6.45) is 1.71. The number of carbonyl (C=O) groups is 1. The number of rotatable bonds is 8. The molecule has 1 aliphatic heterocycles. The van der Waals surface area contributed by atoms with E-state index in [1.54, 1.807) is 61.8 Å². The summed E-state index contributed by atoms with van der Waals surface area (Å²) < 4.78 is 24.7. The molecule has 0 aliphatic carbocycles. The predicted octanol–water partition coefficient (Wildman–Crippen LogP) is 4.08. The molecule has 0 bridgehead atoms. The van der Waals surface area contributed by atoms with Crippen molar-refractivity contribution in [2.75, 3.05) is 25.8 Å². The predicted molar refractivity (Wildman–Crippen MR) is 134 cm³/mol. The first kappa shape index (κ1) is 23.1. The van der Waals surface area contributed by atoms with Crippen LogP contribution in [0, 0.1) is 0 Å². The summed E-state index contributed by atoms with van der Waals surface area (Å²) in [4.78, 5) is 26.6. The molecule has 0 radical (unpaired) electrons. The van der Waals surface area contributed by atoms with Crippen LogP contribution >= 0.6 is 0 Å². The molecule has 4 aromatic rings. The number of fused-ring (bicyclic) bond motifs is 1. The van der Waals surface area contributed by atoms with Crippen LogP contribution in [-0.2, 0) is 11.3 Å². The third-order valence-corrected chi connectivity index (χ3v) is 5.76. The number of aromatic nitrogens is 2. The summed E-state index contributed by atoms with van der Waals surface area (Å²) in [5.41, 5.74) is 2.09. The van der Waals surface area contributed by atoms with Gasteiger partial charge in [0.15, 0.2) is 11.5 Å². The molecule has 0 saturated carbocycles. The Morgan fingerprint density at radius 1 is 1.03 bits per heavy atom. The molecular weight excluding hydrogens is 462 g/mol. The zero-order valence-electron chi connectivity index (χ0n) is 19.9. The second kappa shape index (κ2) is 9.91. The zero-order valence-corrected chi connectivity index (χ0v) is 19.9. The molecule has 1 aromatic heterocycles. The number of para-hydroxylation sites is 2. The van der Waals surface area contributed by atoms with E-state index in [-0.39, 0.29) is 24.9 Å². The number of methoxy groups -OCH3 is 1. The lowest BCUT2D eigenvalue weighted by atomic mass is 10.1. The van der Waals surface area contributed by atoms with Crippen molar-refractivity contribution in [3.05, 3.63) is 83.4 Å². The van der Waals surface area contributed by atoms with Crippen LogP contribution in [0.3, 0.4) is 0 Å². The van der Waals surface area contributed by atoms with Gasteiger partial charge in [0.2, 0.25) is 12.7 Å². The summed E-state index contributed by atoms with van der Waals surface area (Å²) >= 11 is 0. The Balaban J connectivity index is 1.53. The Hall–Kier alpha value is -4.66. The Kier molecular flexibility index (Phi) is 6.36. The largest absolute Gasteiger partial charge is 0.497 e. The number of hydrogen-bond donors (Lipinski definition) is 1. The van der Waals surface area contributed by atoms with E-state index in [2.05, 4.69) is 5.32 Å². The van der Waals surface area contributed by atoms with Crippen LogP contribution in [0.2, 0.25) is 0 Å². The van der Waals surface area contributed by atoms with Crippen LogP contribution in [0.5, 0.6) is 23.0 Å². The van der Waals surface area contributed by atoms with Gasteiger partial charge in [0.05, 0.1) is 30.8 Å². The Morgan fingerprint density at radius 3 is 2.58 bits per heavy atom. The number of hydrogen-bond acceptors (Lipinski definition) is 6. The van der Waals surface area contributed by atoms with Crippen LogP contribution < -0.4 is 30.0 Å². The highest BCUT2D eigenvalue weighted by Gasteiger charge is 2.20. The second-order valence-corrected chi connectivity index (χ2v) is 8.00. The highest BCUT2D eigenvalue weighted by molar-refractivity contribution is 5.92. The van der Waals surface area contributed by atoms with E-state index >= 15 is 0 Å². The average molecular weight is 488 g/mol. The Labute approximate surface area is 207 Å². The standard InChI is InChI=1S/C27H25N3O6/c1-3-34-23-7-5-4-6-21(23)28-26(31)16-30-22(18-8-13-24-25(14-18)36-17-35-24)15-29(27(30)32)19-9-11-20(33-2)12-10-19/h4-15H,3,16-17H2,1-2H3,(H,28,31). The number of imidazole rings is 1. The molecule has 1 amide bonds. The summed E-state index contributed by atoms with van der Waals surface area (Å²) in [5.74, 6) is 2.09. The smallest absolute Gasteiger partial charge is 0.333 e. The van der Waals surface area contributed by atoms with Crippen LogP contribution in [-0.4, -0.2) is 35.6 Å². The third-order valence-electron chi connectivity index (χ3n) is 5.76. The van der Waals surface area contributed by atoms with Crippen molar-refractivity contribution in [3.8, 4) is 39.9 Å². The van der Waals surface area contributed by atoms with Gasteiger partial charge in [-0.05, 0) is 61.5 Å². The van der Waals surface area contributed by atoms with Gasteiger partial charge >= 0.3 is 5.69 Å². The maximum atomic E-state index is 13.5. The van der Waals surface area contributed by atoms with E-state index in [1.165, 1.54) is 9.13 Å². The molecular formula is C27H25N3O6. The zero-order chi connectivity index (χ0) is 25.1. The Morgan fingerprint density at radius 2 is 1.81 bits per heavy atom. The fourth-order valence-corrected chi connectivity index (χ4v) is 4.03. The molecule has 5 rings (SSSR count). The van der Waals surface area contributed by atoms with Crippen molar-refractivity contribution >= 4 is 11.6 Å². The van der Waals surface area contributed by atoms with Crippen molar-refractivity contribution < 1.29 is 23.7 Å². The minimum atomic E-state index is -0.362. The lowest BCUT2D eigenvalue weighted by molar-refractivity contribution is -0.116. The van der Waals surface area contributed by atoms with Gasteiger partial charge in [-0.2, -0.15) is 0 Å². The quantitative estimate of drug-likeness (QED) is 0.403. The van der Waals surface area contributed by atoms with Crippen molar-refractivity contribution in [3.63, 3.8) is 0 Å². The summed E-state index contributed by atoms with van der Waals surface area (Å²) in [5, 5.41) is 2.86. The first-order valence-corrected chi connectivity index (χ1v) is 11.5. The summed E-state index contributed by atoms with van der Waals surface area (Å²) in [6.45, 7) is 2.27. The van der Waals surface area contributed by atoms with Crippen LogP contribution in [0.1, 0.15) is 6.92 Å². The highest BCUT2D eigenvalue weighted by atomic mass is 16.7. The van der Waals surface area contributed by atoms with Crippen molar-refractivity contribution in [1.82, 2.24) is 9.13 Å². The van der Waals surface area contributed by atoms with Gasteiger partial charge in [-0.25, -0.2) is 4.79 Å². The summed E-state index contributed by atoms with van der Waals surface area (Å²) in [6, 6.07) is 19.7. The van der Waals surface area contributed by atoms with Gasteiger partial charge in [-0.15, -0.1) is 0 Å². The molecule has 0 fully saturated rings. The third kappa shape index (κ3) is 4.50. The topological polar surface area (TPSA) is 93.0 Å². The van der Waals surface area contributed by atoms with Gasteiger partial charge < -0.3 is 24.3 Å². The SMILES string of the molecule is CCOc1ccccc1NC(=O)Cn1c(-c2ccc3c(c2)OCO3)cn(-c2ccc(OC)cc2)c1=O. The van der Waals surface area contributed by atoms with Crippen LogP contribution in [0.15, 0.2) is 77.7 Å². The number of nitrogens with one attached hydrogen (secondary N) is 1. The fourth-order valence-electron chi connectivity index (χ4n) is 4.03. The molecule has 0 unspecified atom stereocenters. The Bertz CT molecular complexity index is 1460. The lowest BCUT2D eigenvalue weighted by Crippen LogP contribution is -2.29. The molecule has 2 heterocycles. The maximum Gasteiger partial charge on any atom is 0.333 e. The number of carbonyl (C=O) groups excluding carboxylic acids is 1. The molecule has 1 aliphatic rings. The van der Waals surface area contributed by atoms with Crippen molar-refractivity contribution in [2.45, 2.75) is 13.5 Å². The normalized spacial score (nSPS) is 11.8. The van der Waals surface area contributed by atoms with Gasteiger partial charge in [0.1, 0.15) is 18.0 Å². The highest BCUT2D eigenvalue weighted by Crippen LogP contribution is 2.36. The number of ether oxygens (including phenoxy) is 4. The number of benzene rings is 3. The van der Waals surface area contributed by atoms with Crippen LogP contribution in [0.25, 0.3) is 16.9 Å². The van der Waals surface area contributed by atoms with E-state index < -0.39 is 0 Å². The van der Waals surface area contributed by atoms with E-state index in [1.807, 2.05) is 25.1 Å². The summed E-state index contributed by atoms with van der Waals surface area (Å²) in [7, 11) is 1.58. The molecule has 36 heavy (non-hydrogen) atoms. The molecule has 9 nitrogen and oxygen atoms in total. The minimum absolute atomic E-state index is 0.139. The lowest BCUT2D eigenvalue weighted by Gasteiger charge is -2.12. The molecule has 184 valence electrons. The van der Waals surface area contributed by atoms with Gasteiger partial charge in [-0.3, -0.25) is 13.9 Å². The van der Waals surface area contributed by atoms with E-state index in [4.69, 9.17) is 18.9 Å². The van der Waals surface area contributed by atoms with Gasteiger partial charge in [0.25, 0.3) is 0 Å². The maximum absolute atomic E-state index is 13.5. The first-order valence-electron chi connectivity index (χ1n) is 11.5. The number of nitrogens with zero attached hydrogens (tertiary/aromatic N) is 2. The molecule has 0 atom stereocenters. The molecule has 1 N–H and O–H groups in total. The van der Waals surface area contributed by atoms with Crippen LogP contribution in [0.4, 0.5) is 5.69 Å². The minimum Gasteiger partial charge on any atom is -0.497 e. The van der Waals surface area contributed by atoms with Crippen molar-refractivity contribution in [1.29, 1.82) is 0 Å². The average Bonchev–Trinajstić information content (AvgIpc) is 3.49. The number of amides is 1. The van der Waals surface area contributed by atoms with E-state index in [9.17, 15) is 9.59 Å². The van der Waals surface area contributed by atoms with Gasteiger partial charge in [-0.1, -0.05) is 12.1 Å². The molecule has 9 heteroatoms. The molecule has 0 spiro atoms.